The number of hydrogen-bond acceptors (Lipinski definition) is 2. The molecule has 2 aromatic carbocycles. The Morgan fingerprint density at radius 2 is 1.89 bits per heavy atom. The molecule has 0 unspecified atom stereocenters. The fourth-order valence-corrected chi connectivity index (χ4v) is 2.66. The van der Waals surface area contributed by atoms with Crippen molar-refractivity contribution in [1.29, 1.82) is 0 Å². The first-order chi connectivity index (χ1) is 8.56. The van der Waals surface area contributed by atoms with E-state index in [1.54, 1.807) is 25.1 Å². The summed E-state index contributed by atoms with van der Waals surface area (Å²) >= 11 is 5.61. The van der Waals surface area contributed by atoms with Crippen molar-refractivity contribution in [1.82, 2.24) is 0 Å². The summed E-state index contributed by atoms with van der Waals surface area (Å²) in [6.07, 6.45) is 0. The Hall–Kier alpha value is -0.880. The van der Waals surface area contributed by atoms with E-state index >= 15 is 0 Å². The van der Waals surface area contributed by atoms with E-state index in [2.05, 4.69) is 38.5 Å². The van der Waals surface area contributed by atoms with Gasteiger partial charge in [-0.3, -0.25) is 4.79 Å². The van der Waals surface area contributed by atoms with E-state index in [0.717, 1.165) is 13.8 Å². The van der Waals surface area contributed by atoms with Crippen LogP contribution >= 0.6 is 38.5 Å². The van der Waals surface area contributed by atoms with Crippen molar-refractivity contribution >= 4 is 44.3 Å². The van der Waals surface area contributed by atoms with Crippen LogP contribution < -0.4 is 4.74 Å². The minimum atomic E-state index is 0.0303. The highest BCUT2D eigenvalue weighted by Gasteiger charge is 2.07. The molecule has 0 spiro atoms. The molecule has 0 aliphatic carbocycles. The number of halogens is 2. The van der Waals surface area contributed by atoms with Gasteiger partial charge in [0.15, 0.2) is 5.78 Å². The fourth-order valence-electron chi connectivity index (χ4n) is 1.51. The lowest BCUT2D eigenvalue weighted by Crippen LogP contribution is -1.94. The number of carbonyl (C=O) groups excluding carboxylic acids is 1. The summed E-state index contributed by atoms with van der Waals surface area (Å²) in [4.78, 5) is 11.3. The number of rotatable bonds is 3. The number of benzene rings is 2. The Balaban J connectivity index is 2.25. The number of hydrogen-bond donors (Lipinski definition) is 0. The van der Waals surface area contributed by atoms with E-state index in [4.69, 9.17) is 4.74 Å². The summed E-state index contributed by atoms with van der Waals surface area (Å²) in [5, 5.41) is 0. The van der Waals surface area contributed by atoms with Crippen LogP contribution in [0.5, 0.6) is 11.5 Å². The normalized spacial score (nSPS) is 10.2. The predicted molar refractivity (Wildman–Crippen MR) is 83.4 cm³/mol. The van der Waals surface area contributed by atoms with Crippen LogP contribution in [0.15, 0.2) is 46.9 Å². The smallest absolute Gasteiger partial charge is 0.160 e. The first-order valence-corrected chi connectivity index (χ1v) is 7.17. The summed E-state index contributed by atoms with van der Waals surface area (Å²) in [7, 11) is 0. The molecule has 2 rings (SSSR count). The second-order valence-electron chi connectivity index (χ2n) is 3.76. The summed E-state index contributed by atoms with van der Waals surface area (Å²) in [6.45, 7) is 1.54. The lowest BCUT2D eigenvalue weighted by atomic mass is 10.1. The maximum absolute atomic E-state index is 11.3. The molecule has 2 nitrogen and oxygen atoms in total. The highest BCUT2D eigenvalue weighted by atomic mass is 127. The van der Waals surface area contributed by atoms with E-state index in [1.807, 2.05) is 24.3 Å². The molecule has 4 heteroatoms. The zero-order valence-corrected chi connectivity index (χ0v) is 13.4. The molecule has 0 aromatic heterocycles. The van der Waals surface area contributed by atoms with Crippen LogP contribution in [0.2, 0.25) is 0 Å². The van der Waals surface area contributed by atoms with Crippen molar-refractivity contribution in [3.63, 3.8) is 0 Å². The second kappa shape index (κ2) is 5.84. The van der Waals surface area contributed by atoms with Gasteiger partial charge in [-0.25, -0.2) is 0 Å². The third-order valence-corrected chi connectivity index (χ3v) is 3.68. The Morgan fingerprint density at radius 1 is 1.17 bits per heavy atom. The van der Waals surface area contributed by atoms with Crippen LogP contribution in [-0.4, -0.2) is 5.78 Å². The molecule has 0 saturated carbocycles. The van der Waals surface area contributed by atoms with Gasteiger partial charge in [-0.15, -0.1) is 0 Å². The maximum atomic E-state index is 11.3. The molecule has 18 heavy (non-hydrogen) atoms. The van der Waals surface area contributed by atoms with Gasteiger partial charge in [0, 0.05) is 13.6 Å². The topological polar surface area (TPSA) is 26.3 Å². The standard InChI is InChI=1S/C14H10BrIO2/c1-9(17)13-6-5-12(8-14(13)15)18-11-4-2-3-10(16)7-11/h2-8H,1H3. The van der Waals surface area contributed by atoms with Gasteiger partial charge in [0.25, 0.3) is 0 Å². The van der Waals surface area contributed by atoms with Crippen LogP contribution in [0.3, 0.4) is 0 Å². The summed E-state index contributed by atoms with van der Waals surface area (Å²) < 4.78 is 7.59. The van der Waals surface area contributed by atoms with Gasteiger partial charge in [0.05, 0.1) is 0 Å². The lowest BCUT2D eigenvalue weighted by Gasteiger charge is -2.08. The molecule has 0 radical (unpaired) electrons. The summed E-state index contributed by atoms with van der Waals surface area (Å²) in [5.74, 6) is 1.51. The molecule has 0 amide bonds. The van der Waals surface area contributed by atoms with Gasteiger partial charge >= 0.3 is 0 Å². The average Bonchev–Trinajstić information content (AvgIpc) is 2.28. The largest absolute Gasteiger partial charge is 0.457 e. The molecule has 0 saturated heterocycles. The van der Waals surface area contributed by atoms with Crippen LogP contribution in [0.25, 0.3) is 0 Å². The van der Waals surface area contributed by atoms with Gasteiger partial charge in [-0.1, -0.05) is 6.07 Å². The van der Waals surface area contributed by atoms with E-state index < -0.39 is 0 Å². The molecule has 0 heterocycles. The van der Waals surface area contributed by atoms with Crippen LogP contribution in [0.1, 0.15) is 17.3 Å². The van der Waals surface area contributed by atoms with E-state index in [1.165, 1.54) is 0 Å². The zero-order valence-electron chi connectivity index (χ0n) is 9.61. The molecule has 0 bridgehead atoms. The highest BCUT2D eigenvalue weighted by Crippen LogP contribution is 2.28. The molecular formula is C14H10BrIO2. The van der Waals surface area contributed by atoms with Crippen molar-refractivity contribution < 1.29 is 9.53 Å². The van der Waals surface area contributed by atoms with E-state index in [9.17, 15) is 4.79 Å². The lowest BCUT2D eigenvalue weighted by molar-refractivity contribution is 0.101. The van der Waals surface area contributed by atoms with Gasteiger partial charge in [-0.2, -0.15) is 0 Å². The van der Waals surface area contributed by atoms with Crippen molar-refractivity contribution in [3.8, 4) is 11.5 Å². The average molecular weight is 417 g/mol. The first kappa shape index (κ1) is 13.5. The number of carbonyl (C=O) groups is 1. The molecule has 0 atom stereocenters. The minimum Gasteiger partial charge on any atom is -0.457 e. The molecule has 0 aliphatic rings. The minimum absolute atomic E-state index is 0.0303. The van der Waals surface area contributed by atoms with Crippen molar-refractivity contribution in [3.05, 3.63) is 56.1 Å². The Bertz CT molecular complexity index is 596. The fraction of sp³-hybridized carbons (Fsp3) is 0.0714. The quantitative estimate of drug-likeness (QED) is 0.517. The molecule has 0 N–H and O–H groups in total. The number of ketones is 1. The second-order valence-corrected chi connectivity index (χ2v) is 5.86. The maximum Gasteiger partial charge on any atom is 0.160 e. The molecule has 2 aromatic rings. The highest BCUT2D eigenvalue weighted by molar-refractivity contribution is 14.1. The van der Waals surface area contributed by atoms with Crippen molar-refractivity contribution in [2.24, 2.45) is 0 Å². The summed E-state index contributed by atoms with van der Waals surface area (Å²) in [5.41, 5.74) is 0.657. The van der Waals surface area contributed by atoms with Gasteiger partial charge < -0.3 is 4.74 Å². The molecular weight excluding hydrogens is 407 g/mol. The zero-order chi connectivity index (χ0) is 13.1. The van der Waals surface area contributed by atoms with Gasteiger partial charge in [0.2, 0.25) is 0 Å². The number of ether oxygens (including phenoxy) is 1. The number of Topliss-reactive ketones (excluding diaryl/α,β-unsaturated/α-hetero) is 1. The third kappa shape index (κ3) is 3.32. The van der Waals surface area contributed by atoms with Gasteiger partial charge in [0.1, 0.15) is 11.5 Å². The van der Waals surface area contributed by atoms with Crippen LogP contribution in [-0.2, 0) is 0 Å². The molecule has 0 aliphatic heterocycles. The molecule has 92 valence electrons. The van der Waals surface area contributed by atoms with Crippen LogP contribution in [0, 0.1) is 3.57 Å². The van der Waals surface area contributed by atoms with Crippen LogP contribution in [0.4, 0.5) is 0 Å². The van der Waals surface area contributed by atoms with E-state index in [0.29, 0.717) is 11.3 Å². The predicted octanol–water partition coefficient (Wildman–Crippen LogP) is 5.05. The Morgan fingerprint density at radius 3 is 2.50 bits per heavy atom. The van der Waals surface area contributed by atoms with Crippen molar-refractivity contribution in [2.45, 2.75) is 6.92 Å². The van der Waals surface area contributed by atoms with Crippen molar-refractivity contribution in [2.75, 3.05) is 0 Å². The molecule has 0 fully saturated rings. The SMILES string of the molecule is CC(=O)c1ccc(Oc2cccc(I)c2)cc1Br. The third-order valence-electron chi connectivity index (χ3n) is 2.35. The Kier molecular flexibility index (Phi) is 4.40. The van der Waals surface area contributed by atoms with E-state index in [-0.39, 0.29) is 5.78 Å². The van der Waals surface area contributed by atoms with Gasteiger partial charge in [-0.05, 0) is 81.8 Å². The Labute approximate surface area is 128 Å². The monoisotopic (exact) mass is 416 g/mol. The summed E-state index contributed by atoms with van der Waals surface area (Å²) in [6, 6.07) is 13.1. The first-order valence-electron chi connectivity index (χ1n) is 5.30.